The highest BCUT2D eigenvalue weighted by Crippen LogP contribution is 2.45. The minimum Gasteiger partial charge on any atom is -0.378 e. The molecular formula is C14H25NO2. The van der Waals surface area contributed by atoms with E-state index < -0.39 is 0 Å². The minimum absolute atomic E-state index is 0.233. The molecule has 3 fully saturated rings. The fourth-order valence-electron chi connectivity index (χ4n) is 3.68. The molecule has 3 unspecified atom stereocenters. The van der Waals surface area contributed by atoms with Gasteiger partial charge in [0.05, 0.1) is 11.7 Å². The Labute approximate surface area is 104 Å². The zero-order valence-electron chi connectivity index (χ0n) is 10.7. The van der Waals surface area contributed by atoms with Crippen LogP contribution in [0.25, 0.3) is 0 Å². The largest absolute Gasteiger partial charge is 0.378 e. The molecule has 0 amide bonds. The first kappa shape index (κ1) is 11.9. The van der Waals surface area contributed by atoms with E-state index >= 15 is 0 Å². The van der Waals surface area contributed by atoms with Gasteiger partial charge in [0.25, 0.3) is 0 Å². The maximum Gasteiger partial charge on any atom is 0.0685 e. The molecule has 1 spiro atoms. The van der Waals surface area contributed by atoms with Crippen LogP contribution in [0, 0.1) is 5.92 Å². The first-order chi connectivity index (χ1) is 8.27. The summed E-state index contributed by atoms with van der Waals surface area (Å²) < 4.78 is 11.7. The monoisotopic (exact) mass is 239 g/mol. The van der Waals surface area contributed by atoms with Gasteiger partial charge in [-0.2, -0.15) is 0 Å². The third-order valence-corrected chi connectivity index (χ3v) is 4.96. The van der Waals surface area contributed by atoms with Crippen molar-refractivity contribution in [3.63, 3.8) is 0 Å². The topological polar surface area (TPSA) is 44.5 Å². The van der Waals surface area contributed by atoms with Crippen LogP contribution in [0.3, 0.4) is 0 Å². The van der Waals surface area contributed by atoms with Crippen molar-refractivity contribution < 1.29 is 9.47 Å². The average molecular weight is 239 g/mol. The standard InChI is InChI=1S/C14H25NO2/c15-13(9-12-3-1-7-16-12)11-4-8-17-14(10-11)5-2-6-14/h11-13H,1-10,15H2. The van der Waals surface area contributed by atoms with Gasteiger partial charge in [0.1, 0.15) is 0 Å². The molecule has 0 aromatic rings. The van der Waals surface area contributed by atoms with Crippen molar-refractivity contribution >= 4 is 0 Å². The van der Waals surface area contributed by atoms with E-state index in [0.717, 1.165) is 26.1 Å². The summed E-state index contributed by atoms with van der Waals surface area (Å²) in [6, 6.07) is 0.319. The lowest BCUT2D eigenvalue weighted by molar-refractivity contribution is -0.146. The lowest BCUT2D eigenvalue weighted by Crippen LogP contribution is -2.49. The van der Waals surface area contributed by atoms with Crippen molar-refractivity contribution in [3.8, 4) is 0 Å². The third kappa shape index (κ3) is 2.51. The van der Waals surface area contributed by atoms with Crippen molar-refractivity contribution in [3.05, 3.63) is 0 Å². The molecule has 3 heteroatoms. The van der Waals surface area contributed by atoms with E-state index in [4.69, 9.17) is 15.2 Å². The van der Waals surface area contributed by atoms with Crippen LogP contribution in [0.5, 0.6) is 0 Å². The summed E-state index contributed by atoms with van der Waals surface area (Å²) in [4.78, 5) is 0. The molecule has 3 nitrogen and oxygen atoms in total. The summed E-state index contributed by atoms with van der Waals surface area (Å²) in [5.41, 5.74) is 6.63. The van der Waals surface area contributed by atoms with Crippen LogP contribution in [0.15, 0.2) is 0 Å². The molecule has 2 heterocycles. The number of rotatable bonds is 3. The molecule has 3 atom stereocenters. The second-order valence-corrected chi connectivity index (χ2v) is 6.17. The van der Waals surface area contributed by atoms with Gasteiger partial charge in [-0.15, -0.1) is 0 Å². The first-order valence-electron chi connectivity index (χ1n) is 7.29. The smallest absolute Gasteiger partial charge is 0.0685 e. The highest BCUT2D eigenvalue weighted by atomic mass is 16.5. The predicted octanol–water partition coefficient (Wildman–Crippen LogP) is 2.23. The van der Waals surface area contributed by atoms with Crippen LogP contribution in [-0.2, 0) is 9.47 Å². The van der Waals surface area contributed by atoms with Gasteiger partial charge in [-0.05, 0) is 57.3 Å². The molecule has 1 saturated carbocycles. The molecule has 1 aliphatic carbocycles. The van der Waals surface area contributed by atoms with Gasteiger partial charge >= 0.3 is 0 Å². The van der Waals surface area contributed by atoms with E-state index in [1.165, 1.54) is 38.5 Å². The summed E-state index contributed by atoms with van der Waals surface area (Å²) >= 11 is 0. The van der Waals surface area contributed by atoms with E-state index in [0.29, 0.717) is 18.1 Å². The Morgan fingerprint density at radius 1 is 1.18 bits per heavy atom. The molecular weight excluding hydrogens is 214 g/mol. The molecule has 3 aliphatic rings. The molecule has 0 bridgehead atoms. The summed E-state index contributed by atoms with van der Waals surface area (Å²) in [7, 11) is 0. The maximum absolute atomic E-state index is 6.39. The molecule has 2 N–H and O–H groups in total. The van der Waals surface area contributed by atoms with E-state index in [9.17, 15) is 0 Å². The Hall–Kier alpha value is -0.120. The molecule has 2 aliphatic heterocycles. The second kappa shape index (κ2) is 4.87. The van der Waals surface area contributed by atoms with Crippen LogP contribution in [-0.4, -0.2) is 31.0 Å². The zero-order chi connectivity index (χ0) is 11.7. The average Bonchev–Trinajstić information content (AvgIpc) is 2.80. The van der Waals surface area contributed by atoms with Gasteiger partial charge in [-0.3, -0.25) is 0 Å². The van der Waals surface area contributed by atoms with Crippen LogP contribution in [0.2, 0.25) is 0 Å². The fourth-order valence-corrected chi connectivity index (χ4v) is 3.68. The van der Waals surface area contributed by atoms with Crippen molar-refractivity contribution in [1.29, 1.82) is 0 Å². The number of hydrogen-bond acceptors (Lipinski definition) is 3. The highest BCUT2D eigenvalue weighted by Gasteiger charge is 2.44. The fraction of sp³-hybridized carbons (Fsp3) is 1.00. The summed E-state index contributed by atoms with van der Waals surface area (Å²) in [5, 5.41) is 0. The maximum atomic E-state index is 6.39. The number of ether oxygens (including phenoxy) is 2. The van der Waals surface area contributed by atoms with E-state index in [2.05, 4.69) is 0 Å². The predicted molar refractivity (Wildman–Crippen MR) is 66.8 cm³/mol. The Balaban J connectivity index is 1.52. The van der Waals surface area contributed by atoms with Gasteiger partial charge in [0, 0.05) is 19.3 Å². The van der Waals surface area contributed by atoms with Crippen LogP contribution in [0.1, 0.15) is 51.4 Å². The number of nitrogens with two attached hydrogens (primary N) is 1. The van der Waals surface area contributed by atoms with Gasteiger partial charge in [-0.1, -0.05) is 0 Å². The lowest BCUT2D eigenvalue weighted by atomic mass is 9.70. The molecule has 3 rings (SSSR count). The SMILES string of the molecule is NC(CC1CCCO1)C1CCOC2(CCC2)C1. The Morgan fingerprint density at radius 3 is 2.71 bits per heavy atom. The second-order valence-electron chi connectivity index (χ2n) is 6.17. The minimum atomic E-state index is 0.233. The Bertz CT molecular complexity index is 259. The zero-order valence-corrected chi connectivity index (χ0v) is 10.7. The molecule has 0 aromatic carbocycles. The van der Waals surface area contributed by atoms with Crippen molar-refractivity contribution in [1.82, 2.24) is 0 Å². The molecule has 2 saturated heterocycles. The van der Waals surface area contributed by atoms with Crippen LogP contribution in [0.4, 0.5) is 0 Å². The first-order valence-corrected chi connectivity index (χ1v) is 7.29. The van der Waals surface area contributed by atoms with Crippen LogP contribution < -0.4 is 5.73 Å². The Kier molecular flexibility index (Phi) is 3.42. The normalized spacial score (nSPS) is 37.9. The van der Waals surface area contributed by atoms with Crippen molar-refractivity contribution in [2.75, 3.05) is 13.2 Å². The molecule has 0 aromatic heterocycles. The molecule has 98 valence electrons. The quantitative estimate of drug-likeness (QED) is 0.821. The Morgan fingerprint density at radius 2 is 2.06 bits per heavy atom. The van der Waals surface area contributed by atoms with Gasteiger partial charge in [0.2, 0.25) is 0 Å². The number of hydrogen-bond donors (Lipinski definition) is 1. The molecule has 17 heavy (non-hydrogen) atoms. The van der Waals surface area contributed by atoms with E-state index in [1.54, 1.807) is 0 Å². The molecule has 0 radical (unpaired) electrons. The van der Waals surface area contributed by atoms with Gasteiger partial charge < -0.3 is 15.2 Å². The summed E-state index contributed by atoms with van der Waals surface area (Å²) in [5.74, 6) is 0.660. The summed E-state index contributed by atoms with van der Waals surface area (Å²) in [6.45, 7) is 1.86. The third-order valence-electron chi connectivity index (χ3n) is 4.96. The van der Waals surface area contributed by atoms with Crippen molar-refractivity contribution in [2.24, 2.45) is 11.7 Å². The van der Waals surface area contributed by atoms with Crippen LogP contribution >= 0.6 is 0 Å². The van der Waals surface area contributed by atoms with Gasteiger partial charge in [-0.25, -0.2) is 0 Å². The van der Waals surface area contributed by atoms with E-state index in [1.807, 2.05) is 0 Å². The van der Waals surface area contributed by atoms with Crippen molar-refractivity contribution in [2.45, 2.75) is 69.1 Å². The van der Waals surface area contributed by atoms with Gasteiger partial charge in [0.15, 0.2) is 0 Å². The lowest BCUT2D eigenvalue weighted by Gasteiger charge is -2.48. The summed E-state index contributed by atoms with van der Waals surface area (Å²) in [6.07, 6.45) is 10.1. The highest BCUT2D eigenvalue weighted by molar-refractivity contribution is 4.96. The van der Waals surface area contributed by atoms with E-state index in [-0.39, 0.29) is 5.60 Å².